The van der Waals surface area contributed by atoms with Crippen molar-refractivity contribution in [3.05, 3.63) is 23.8 Å². The standard InChI is InChI=1S/C28H38O11/c1-13-9-10-21(36-17(5)30)27(8)22(37-18(6)31)12-20(35-16(4)29)14(2)24(27)25(38-19(7)32)28(34)15(3)26(33)39-23(28)11-13/h11,15,20-25,34H,2,9-10,12H2,1,3-8H3/b13-11-/t15-,20+,21-,22-,23-,24+,25?,27-,28-/m0/s1. The molecule has 216 valence electrons. The highest BCUT2D eigenvalue weighted by Crippen LogP contribution is 2.56. The van der Waals surface area contributed by atoms with Crippen LogP contribution in [0.25, 0.3) is 0 Å². The largest absolute Gasteiger partial charge is 0.462 e. The van der Waals surface area contributed by atoms with Crippen molar-refractivity contribution in [2.75, 3.05) is 0 Å². The van der Waals surface area contributed by atoms with Gasteiger partial charge in [0.15, 0.2) is 11.7 Å². The van der Waals surface area contributed by atoms with E-state index in [1.165, 1.54) is 27.7 Å². The van der Waals surface area contributed by atoms with E-state index in [-0.39, 0.29) is 18.4 Å². The Hall–Kier alpha value is -3.21. The van der Waals surface area contributed by atoms with Crippen molar-refractivity contribution in [2.45, 2.75) is 104 Å². The van der Waals surface area contributed by atoms with Gasteiger partial charge in [-0.25, -0.2) is 0 Å². The zero-order valence-corrected chi connectivity index (χ0v) is 23.5. The summed E-state index contributed by atoms with van der Waals surface area (Å²) in [6, 6.07) is 0. The molecule has 2 aliphatic carbocycles. The van der Waals surface area contributed by atoms with Gasteiger partial charge in [0.1, 0.15) is 24.4 Å². The molecule has 0 aromatic carbocycles. The Kier molecular flexibility index (Phi) is 8.64. The first-order valence-corrected chi connectivity index (χ1v) is 13.0. The number of aliphatic hydroxyl groups is 1. The highest BCUT2D eigenvalue weighted by atomic mass is 16.6. The van der Waals surface area contributed by atoms with E-state index in [9.17, 15) is 29.1 Å². The van der Waals surface area contributed by atoms with Crippen molar-refractivity contribution in [1.82, 2.24) is 0 Å². The molecule has 3 aliphatic rings. The Morgan fingerprint density at radius 3 is 2.05 bits per heavy atom. The van der Waals surface area contributed by atoms with Gasteiger partial charge in [-0.1, -0.05) is 19.1 Å². The van der Waals surface area contributed by atoms with Gasteiger partial charge in [-0.2, -0.15) is 0 Å². The second kappa shape index (κ2) is 11.1. The van der Waals surface area contributed by atoms with Crippen molar-refractivity contribution in [1.29, 1.82) is 0 Å². The van der Waals surface area contributed by atoms with E-state index in [1.54, 1.807) is 19.9 Å². The Labute approximate surface area is 227 Å². The monoisotopic (exact) mass is 550 g/mol. The molecule has 1 aliphatic heterocycles. The van der Waals surface area contributed by atoms with Gasteiger partial charge in [-0.05, 0) is 38.3 Å². The summed E-state index contributed by atoms with van der Waals surface area (Å²) in [6.45, 7) is 14.0. The molecule has 0 aromatic heterocycles. The van der Waals surface area contributed by atoms with E-state index >= 15 is 0 Å². The number of carbonyl (C=O) groups excluding carboxylic acids is 5. The van der Waals surface area contributed by atoms with E-state index in [4.69, 9.17) is 23.7 Å². The summed E-state index contributed by atoms with van der Waals surface area (Å²) >= 11 is 0. The molecule has 39 heavy (non-hydrogen) atoms. The van der Waals surface area contributed by atoms with Gasteiger partial charge >= 0.3 is 29.8 Å². The zero-order chi connectivity index (χ0) is 29.4. The minimum absolute atomic E-state index is 0.0167. The second-order valence-electron chi connectivity index (χ2n) is 11.0. The lowest BCUT2D eigenvalue weighted by Gasteiger charge is -2.56. The van der Waals surface area contributed by atoms with Crippen LogP contribution in [0.15, 0.2) is 23.8 Å². The van der Waals surface area contributed by atoms with Crippen LogP contribution in [-0.2, 0) is 47.7 Å². The van der Waals surface area contributed by atoms with Gasteiger partial charge in [0.05, 0.1) is 11.3 Å². The zero-order valence-electron chi connectivity index (χ0n) is 23.5. The first-order valence-electron chi connectivity index (χ1n) is 13.0. The molecule has 0 amide bonds. The fraction of sp³-hybridized carbons (Fsp3) is 0.679. The van der Waals surface area contributed by atoms with Crippen LogP contribution in [0.1, 0.15) is 67.7 Å². The fourth-order valence-corrected chi connectivity index (χ4v) is 6.37. The molecule has 1 unspecified atom stereocenters. The van der Waals surface area contributed by atoms with E-state index in [0.29, 0.717) is 6.42 Å². The average molecular weight is 551 g/mol. The number of hydrogen-bond acceptors (Lipinski definition) is 11. The molecule has 0 spiro atoms. The molecule has 0 aromatic rings. The first kappa shape index (κ1) is 30.3. The number of ether oxygens (including phenoxy) is 5. The van der Waals surface area contributed by atoms with E-state index < -0.39 is 83.2 Å². The number of esters is 5. The molecular formula is C28H38O11. The highest BCUT2D eigenvalue weighted by molar-refractivity contribution is 5.78. The lowest BCUT2D eigenvalue weighted by molar-refractivity contribution is -0.226. The van der Waals surface area contributed by atoms with Crippen molar-refractivity contribution >= 4 is 29.8 Å². The third kappa shape index (κ3) is 5.59. The number of fused-ring (bicyclic) bond motifs is 2. The van der Waals surface area contributed by atoms with Crippen LogP contribution in [0.5, 0.6) is 0 Å². The molecule has 11 heteroatoms. The summed E-state index contributed by atoms with van der Waals surface area (Å²) < 4.78 is 28.6. The summed E-state index contributed by atoms with van der Waals surface area (Å²) in [5.41, 5.74) is -2.47. The van der Waals surface area contributed by atoms with Crippen molar-refractivity contribution in [3.63, 3.8) is 0 Å². The smallest absolute Gasteiger partial charge is 0.312 e. The third-order valence-corrected chi connectivity index (χ3v) is 8.26. The van der Waals surface area contributed by atoms with E-state index in [0.717, 1.165) is 12.5 Å². The minimum Gasteiger partial charge on any atom is -0.462 e. The SMILES string of the molecule is C=C1[C@@H]2C(OC(C)=O)[C@@]3(O)[C@H](/C=C(/C)CC[C@H](OC(C)=O)[C@@]2(C)[C@@H](OC(C)=O)C[C@H]1OC(C)=O)OC(=O)[C@@H]3C. The third-order valence-electron chi connectivity index (χ3n) is 8.26. The number of allylic oxidation sites excluding steroid dienone is 1. The molecule has 0 bridgehead atoms. The van der Waals surface area contributed by atoms with Crippen LogP contribution in [0.3, 0.4) is 0 Å². The highest BCUT2D eigenvalue weighted by Gasteiger charge is 2.68. The summed E-state index contributed by atoms with van der Waals surface area (Å²) in [5, 5.41) is 12.3. The van der Waals surface area contributed by atoms with Gasteiger partial charge in [-0.3, -0.25) is 24.0 Å². The second-order valence-corrected chi connectivity index (χ2v) is 11.0. The molecule has 0 radical (unpaired) electrons. The van der Waals surface area contributed by atoms with Crippen LogP contribution < -0.4 is 0 Å². The molecule has 1 saturated carbocycles. The summed E-state index contributed by atoms with van der Waals surface area (Å²) in [7, 11) is 0. The molecule has 3 rings (SSSR count). The fourth-order valence-electron chi connectivity index (χ4n) is 6.37. The molecule has 2 fully saturated rings. The quantitative estimate of drug-likeness (QED) is 0.312. The van der Waals surface area contributed by atoms with Crippen molar-refractivity contribution in [2.24, 2.45) is 17.3 Å². The molecule has 1 N–H and O–H groups in total. The van der Waals surface area contributed by atoms with Gasteiger partial charge < -0.3 is 28.8 Å². The topological polar surface area (TPSA) is 152 Å². The van der Waals surface area contributed by atoms with Gasteiger partial charge in [0, 0.05) is 40.0 Å². The maximum Gasteiger partial charge on any atom is 0.312 e. The van der Waals surface area contributed by atoms with Crippen LogP contribution in [0, 0.1) is 17.3 Å². The number of hydrogen-bond donors (Lipinski definition) is 1. The summed E-state index contributed by atoms with van der Waals surface area (Å²) in [5.74, 6) is -5.61. The van der Waals surface area contributed by atoms with Crippen LogP contribution in [0.2, 0.25) is 0 Å². The summed E-state index contributed by atoms with van der Waals surface area (Å²) in [4.78, 5) is 62.1. The normalized spacial score (nSPS) is 39.6. The molecule has 1 heterocycles. The lowest BCUT2D eigenvalue weighted by Crippen LogP contribution is -2.67. The average Bonchev–Trinajstić information content (AvgIpc) is 3.01. The van der Waals surface area contributed by atoms with Crippen molar-refractivity contribution < 1.29 is 52.8 Å². The van der Waals surface area contributed by atoms with Crippen molar-refractivity contribution in [3.8, 4) is 0 Å². The van der Waals surface area contributed by atoms with Crippen LogP contribution in [0.4, 0.5) is 0 Å². The number of carbonyl (C=O) groups is 5. The molecular weight excluding hydrogens is 512 g/mol. The first-order chi connectivity index (χ1) is 18.0. The molecule has 1 saturated heterocycles. The minimum atomic E-state index is -2.10. The maximum absolute atomic E-state index is 12.8. The van der Waals surface area contributed by atoms with E-state index in [2.05, 4.69) is 6.58 Å². The molecule has 11 nitrogen and oxygen atoms in total. The number of rotatable bonds is 4. The predicted octanol–water partition coefficient (Wildman–Crippen LogP) is 2.33. The Morgan fingerprint density at radius 2 is 1.51 bits per heavy atom. The van der Waals surface area contributed by atoms with Crippen LogP contribution in [-0.4, -0.2) is 71.1 Å². The van der Waals surface area contributed by atoms with Gasteiger partial charge in [0.2, 0.25) is 0 Å². The van der Waals surface area contributed by atoms with Gasteiger partial charge in [0.25, 0.3) is 0 Å². The van der Waals surface area contributed by atoms with E-state index in [1.807, 2.05) is 0 Å². The van der Waals surface area contributed by atoms with Gasteiger partial charge in [-0.15, -0.1) is 0 Å². The molecule has 9 atom stereocenters. The Balaban J connectivity index is 2.40. The Bertz CT molecular complexity index is 1090. The predicted molar refractivity (Wildman–Crippen MR) is 135 cm³/mol. The lowest BCUT2D eigenvalue weighted by atomic mass is 9.54. The summed E-state index contributed by atoms with van der Waals surface area (Å²) in [6.07, 6.45) is -3.42. The Morgan fingerprint density at radius 1 is 0.974 bits per heavy atom. The van der Waals surface area contributed by atoms with Crippen LogP contribution >= 0.6 is 0 Å². The maximum atomic E-state index is 12.8.